The molecule has 0 aliphatic heterocycles. The molecule has 1 unspecified atom stereocenters. The van der Waals surface area contributed by atoms with Gasteiger partial charge in [0.15, 0.2) is 0 Å². The summed E-state index contributed by atoms with van der Waals surface area (Å²) < 4.78 is 0. The Morgan fingerprint density at radius 3 is 1.90 bits per heavy atom. The molecule has 0 N–H and O–H groups in total. The van der Waals surface area contributed by atoms with E-state index in [2.05, 4.69) is 26.8 Å². The second-order valence-electron chi connectivity index (χ2n) is 6.36. The summed E-state index contributed by atoms with van der Waals surface area (Å²) in [7, 11) is 0. The van der Waals surface area contributed by atoms with Crippen LogP contribution < -0.4 is 0 Å². The third kappa shape index (κ3) is 11.0. The number of hydrogen-bond donors (Lipinski definition) is 0. The highest BCUT2D eigenvalue weighted by atomic mass is 16.1. The Labute approximate surface area is 125 Å². The van der Waals surface area contributed by atoms with Crippen LogP contribution in [0, 0.1) is 23.2 Å². The Morgan fingerprint density at radius 1 is 0.950 bits per heavy atom. The first-order chi connectivity index (χ1) is 9.61. The maximum absolute atomic E-state index is 11.9. The first-order valence-corrected chi connectivity index (χ1v) is 8.54. The average molecular weight is 279 g/mol. The highest BCUT2D eigenvalue weighted by molar-refractivity contribution is 5.83. The maximum Gasteiger partial charge on any atom is 0.150 e. The van der Waals surface area contributed by atoms with Crippen molar-refractivity contribution in [3.8, 4) is 6.07 Å². The molecule has 20 heavy (non-hydrogen) atoms. The van der Waals surface area contributed by atoms with Crippen LogP contribution in [-0.4, -0.2) is 5.78 Å². The van der Waals surface area contributed by atoms with Crippen LogP contribution >= 0.6 is 0 Å². The van der Waals surface area contributed by atoms with Crippen LogP contribution in [0.1, 0.15) is 91.4 Å². The predicted molar refractivity (Wildman–Crippen MR) is 85.4 cm³/mol. The first kappa shape index (κ1) is 19.2. The molecule has 0 aromatic heterocycles. The molecule has 0 amide bonds. The normalized spacial score (nSPS) is 12.3. The summed E-state index contributed by atoms with van der Waals surface area (Å²) >= 11 is 0. The Hall–Kier alpha value is -0.840. The van der Waals surface area contributed by atoms with E-state index in [4.69, 9.17) is 5.26 Å². The molecular weight excluding hydrogens is 246 g/mol. The lowest BCUT2D eigenvalue weighted by Gasteiger charge is -2.10. The van der Waals surface area contributed by atoms with Crippen molar-refractivity contribution in [1.29, 1.82) is 5.26 Å². The fourth-order valence-electron chi connectivity index (χ4n) is 2.51. The van der Waals surface area contributed by atoms with E-state index >= 15 is 0 Å². The SMILES string of the molecule is CCCCCCCCCCCC(=O)C(C#N)CC(C)C. The van der Waals surface area contributed by atoms with Crippen molar-refractivity contribution in [2.45, 2.75) is 91.4 Å². The van der Waals surface area contributed by atoms with E-state index in [1.807, 2.05) is 0 Å². The van der Waals surface area contributed by atoms with Gasteiger partial charge in [-0.05, 0) is 18.8 Å². The minimum absolute atomic E-state index is 0.157. The van der Waals surface area contributed by atoms with Crippen LogP contribution in [0.2, 0.25) is 0 Å². The fourth-order valence-corrected chi connectivity index (χ4v) is 2.51. The number of unbranched alkanes of at least 4 members (excludes halogenated alkanes) is 8. The van der Waals surface area contributed by atoms with Gasteiger partial charge in [0, 0.05) is 6.42 Å². The van der Waals surface area contributed by atoms with Gasteiger partial charge in [0.2, 0.25) is 0 Å². The lowest BCUT2D eigenvalue weighted by Crippen LogP contribution is -2.14. The van der Waals surface area contributed by atoms with Gasteiger partial charge < -0.3 is 0 Å². The van der Waals surface area contributed by atoms with E-state index in [0.717, 1.165) is 12.8 Å². The summed E-state index contributed by atoms with van der Waals surface area (Å²) in [6.07, 6.45) is 12.7. The summed E-state index contributed by atoms with van der Waals surface area (Å²) in [5.41, 5.74) is 0. The Balaban J connectivity index is 3.50. The van der Waals surface area contributed by atoms with Crippen molar-refractivity contribution in [2.24, 2.45) is 11.8 Å². The second kappa shape index (κ2) is 13.2. The largest absolute Gasteiger partial charge is 0.298 e. The van der Waals surface area contributed by atoms with Gasteiger partial charge in [-0.15, -0.1) is 0 Å². The zero-order chi connectivity index (χ0) is 15.2. The van der Waals surface area contributed by atoms with E-state index in [9.17, 15) is 4.79 Å². The molecule has 0 bridgehead atoms. The van der Waals surface area contributed by atoms with Crippen LogP contribution in [-0.2, 0) is 4.79 Å². The molecule has 1 atom stereocenters. The quantitative estimate of drug-likeness (QED) is 0.408. The molecule has 0 aromatic carbocycles. The standard InChI is InChI=1S/C18H33NO/c1-4-5-6-7-8-9-10-11-12-13-18(20)17(15-19)14-16(2)3/h16-17H,4-14H2,1-3H3. The molecule has 0 heterocycles. The van der Waals surface area contributed by atoms with Gasteiger partial charge in [0.25, 0.3) is 0 Å². The van der Waals surface area contributed by atoms with E-state index in [1.54, 1.807) is 0 Å². The molecule has 0 aromatic rings. The summed E-state index contributed by atoms with van der Waals surface area (Å²) in [5, 5.41) is 9.02. The van der Waals surface area contributed by atoms with Crippen molar-refractivity contribution in [3.05, 3.63) is 0 Å². The number of Topliss-reactive ketones (excluding diaryl/α,β-unsaturated/α-hetero) is 1. The lowest BCUT2D eigenvalue weighted by atomic mass is 9.92. The highest BCUT2D eigenvalue weighted by Gasteiger charge is 2.18. The van der Waals surface area contributed by atoms with Crippen molar-refractivity contribution >= 4 is 5.78 Å². The molecule has 0 radical (unpaired) electrons. The number of rotatable bonds is 13. The number of nitrogens with zero attached hydrogens (tertiary/aromatic N) is 1. The number of carbonyl (C=O) groups excluding carboxylic acids is 1. The smallest absolute Gasteiger partial charge is 0.150 e. The Bertz CT molecular complexity index is 278. The van der Waals surface area contributed by atoms with E-state index in [1.165, 1.54) is 44.9 Å². The molecule has 2 heteroatoms. The Morgan fingerprint density at radius 2 is 1.45 bits per heavy atom. The average Bonchev–Trinajstić information content (AvgIpc) is 2.42. The van der Waals surface area contributed by atoms with Crippen LogP contribution in [0.25, 0.3) is 0 Å². The van der Waals surface area contributed by atoms with Gasteiger partial charge in [0.1, 0.15) is 11.7 Å². The van der Waals surface area contributed by atoms with Gasteiger partial charge in [0.05, 0.1) is 6.07 Å². The van der Waals surface area contributed by atoms with Gasteiger partial charge in [-0.25, -0.2) is 0 Å². The van der Waals surface area contributed by atoms with Crippen LogP contribution in [0.15, 0.2) is 0 Å². The van der Waals surface area contributed by atoms with E-state index in [0.29, 0.717) is 18.8 Å². The van der Waals surface area contributed by atoms with E-state index < -0.39 is 0 Å². The van der Waals surface area contributed by atoms with Gasteiger partial charge in [-0.3, -0.25) is 4.79 Å². The molecule has 0 fully saturated rings. The molecule has 0 spiro atoms. The van der Waals surface area contributed by atoms with Gasteiger partial charge in [-0.2, -0.15) is 5.26 Å². The summed E-state index contributed by atoms with van der Waals surface area (Å²) in [5.74, 6) is 0.208. The van der Waals surface area contributed by atoms with Crippen molar-refractivity contribution in [1.82, 2.24) is 0 Å². The third-order valence-electron chi connectivity index (χ3n) is 3.78. The topological polar surface area (TPSA) is 40.9 Å². The Kier molecular flexibility index (Phi) is 12.6. The molecule has 0 saturated heterocycles. The fraction of sp³-hybridized carbons (Fsp3) is 0.889. The zero-order valence-electron chi connectivity index (χ0n) is 13.8. The summed E-state index contributed by atoms with van der Waals surface area (Å²) in [6.45, 7) is 6.37. The number of ketones is 1. The number of carbonyl (C=O) groups is 1. The van der Waals surface area contributed by atoms with Crippen LogP contribution in [0.5, 0.6) is 0 Å². The third-order valence-corrected chi connectivity index (χ3v) is 3.78. The van der Waals surface area contributed by atoms with E-state index in [-0.39, 0.29) is 11.7 Å². The van der Waals surface area contributed by atoms with Crippen molar-refractivity contribution in [3.63, 3.8) is 0 Å². The minimum Gasteiger partial charge on any atom is -0.298 e. The van der Waals surface area contributed by atoms with Crippen molar-refractivity contribution < 1.29 is 4.79 Å². The molecular formula is C18H33NO. The number of hydrogen-bond acceptors (Lipinski definition) is 2. The predicted octanol–water partition coefficient (Wildman–Crippen LogP) is 5.66. The van der Waals surface area contributed by atoms with Crippen molar-refractivity contribution in [2.75, 3.05) is 0 Å². The van der Waals surface area contributed by atoms with Gasteiger partial charge >= 0.3 is 0 Å². The van der Waals surface area contributed by atoms with Crippen LogP contribution in [0.4, 0.5) is 0 Å². The summed E-state index contributed by atoms with van der Waals surface area (Å²) in [6, 6.07) is 2.16. The highest BCUT2D eigenvalue weighted by Crippen LogP contribution is 2.16. The molecule has 116 valence electrons. The number of nitriles is 1. The first-order valence-electron chi connectivity index (χ1n) is 8.54. The molecule has 0 saturated carbocycles. The zero-order valence-corrected chi connectivity index (χ0v) is 13.8. The lowest BCUT2D eigenvalue weighted by molar-refractivity contribution is -0.121. The van der Waals surface area contributed by atoms with Gasteiger partial charge in [-0.1, -0.05) is 72.1 Å². The maximum atomic E-state index is 11.9. The molecule has 0 rings (SSSR count). The molecule has 0 aliphatic carbocycles. The second-order valence-corrected chi connectivity index (χ2v) is 6.36. The van der Waals surface area contributed by atoms with Crippen LogP contribution in [0.3, 0.4) is 0 Å². The minimum atomic E-state index is -0.371. The molecule has 2 nitrogen and oxygen atoms in total. The summed E-state index contributed by atoms with van der Waals surface area (Å²) in [4.78, 5) is 11.9. The monoisotopic (exact) mass is 279 g/mol. The molecule has 0 aliphatic rings.